The third kappa shape index (κ3) is 5.83. The number of nitrogens with one attached hydrogen (secondary N) is 1. The van der Waals surface area contributed by atoms with Crippen molar-refractivity contribution in [2.45, 2.75) is 70.5 Å². The quantitative estimate of drug-likeness (QED) is 0.432. The number of fused-ring (bicyclic) bond motifs is 2. The maximum Gasteiger partial charge on any atom is 0.273 e. The summed E-state index contributed by atoms with van der Waals surface area (Å²) in [5, 5.41) is 4.49. The van der Waals surface area contributed by atoms with E-state index in [0.717, 1.165) is 73.1 Å². The topological polar surface area (TPSA) is 67.3 Å². The van der Waals surface area contributed by atoms with Crippen molar-refractivity contribution in [3.8, 4) is 5.19 Å². The minimum absolute atomic E-state index is 0.0184. The zero-order valence-electron chi connectivity index (χ0n) is 20.5. The first-order valence-corrected chi connectivity index (χ1v) is 13.6. The Labute approximate surface area is 214 Å². The van der Waals surface area contributed by atoms with E-state index >= 15 is 0 Å². The summed E-state index contributed by atoms with van der Waals surface area (Å²) in [6.07, 6.45) is 5.47. The molecule has 5 rings (SSSR count). The number of pyridine rings is 1. The number of amides is 1. The van der Waals surface area contributed by atoms with Crippen LogP contribution in [0.5, 0.6) is 5.19 Å². The molecule has 0 radical (unpaired) electrons. The van der Waals surface area contributed by atoms with E-state index in [4.69, 9.17) is 4.74 Å². The van der Waals surface area contributed by atoms with E-state index in [-0.39, 0.29) is 11.9 Å². The lowest BCUT2D eigenvalue weighted by atomic mass is 9.83. The lowest BCUT2D eigenvalue weighted by molar-refractivity contribution is 0.0814. The Morgan fingerprint density at radius 3 is 2.86 bits per heavy atom. The van der Waals surface area contributed by atoms with E-state index in [0.29, 0.717) is 22.7 Å². The van der Waals surface area contributed by atoms with Crippen molar-refractivity contribution in [1.82, 2.24) is 20.2 Å². The lowest BCUT2D eigenvalue weighted by Crippen LogP contribution is -2.40. The summed E-state index contributed by atoms with van der Waals surface area (Å²) in [4.78, 5) is 25.4. The van der Waals surface area contributed by atoms with Crippen LogP contribution in [-0.4, -0.2) is 52.4 Å². The van der Waals surface area contributed by atoms with Gasteiger partial charge in [-0.25, -0.2) is 13.8 Å². The predicted molar refractivity (Wildman–Crippen MR) is 137 cm³/mol. The van der Waals surface area contributed by atoms with Gasteiger partial charge in [-0.15, -0.1) is 0 Å². The van der Waals surface area contributed by atoms with Gasteiger partial charge in [-0.3, -0.25) is 14.7 Å². The minimum atomic E-state index is -2.49. The molecule has 36 heavy (non-hydrogen) atoms. The summed E-state index contributed by atoms with van der Waals surface area (Å²) < 4.78 is 30.0. The highest BCUT2D eigenvalue weighted by Crippen LogP contribution is 2.34. The fourth-order valence-electron chi connectivity index (χ4n) is 5.39. The summed E-state index contributed by atoms with van der Waals surface area (Å²) in [5.74, 6) is 0.629. The SMILES string of the molecule is CC1Cc2sc(OCC(F)F)nc2CN1CCC1CCC(NC(=O)c2cccc3ncccc23)CC1. The van der Waals surface area contributed by atoms with Crippen molar-refractivity contribution in [3.63, 3.8) is 0 Å². The van der Waals surface area contributed by atoms with Crippen LogP contribution in [0.3, 0.4) is 0 Å². The molecule has 1 fully saturated rings. The molecule has 1 aromatic carbocycles. The summed E-state index contributed by atoms with van der Waals surface area (Å²) in [7, 11) is 0. The molecule has 1 aliphatic heterocycles. The van der Waals surface area contributed by atoms with Crippen LogP contribution in [0, 0.1) is 5.92 Å². The van der Waals surface area contributed by atoms with Gasteiger partial charge < -0.3 is 10.1 Å². The van der Waals surface area contributed by atoms with Crippen LogP contribution in [0.2, 0.25) is 0 Å². The molecule has 2 aromatic heterocycles. The molecule has 1 amide bonds. The van der Waals surface area contributed by atoms with Crippen LogP contribution in [-0.2, 0) is 13.0 Å². The van der Waals surface area contributed by atoms with Gasteiger partial charge in [0.1, 0.15) is 0 Å². The molecular weight excluding hydrogens is 482 g/mol. The largest absolute Gasteiger partial charge is 0.464 e. The fourth-order valence-corrected chi connectivity index (χ4v) is 6.44. The second-order valence-corrected chi connectivity index (χ2v) is 11.0. The zero-order valence-corrected chi connectivity index (χ0v) is 21.3. The van der Waals surface area contributed by atoms with Crippen molar-refractivity contribution in [1.29, 1.82) is 0 Å². The van der Waals surface area contributed by atoms with Crippen molar-refractivity contribution in [3.05, 3.63) is 52.7 Å². The highest BCUT2D eigenvalue weighted by atomic mass is 32.1. The molecule has 9 heteroatoms. The van der Waals surface area contributed by atoms with Gasteiger partial charge in [0.05, 0.1) is 11.2 Å². The van der Waals surface area contributed by atoms with E-state index in [9.17, 15) is 13.6 Å². The lowest BCUT2D eigenvalue weighted by Gasteiger charge is -2.35. The van der Waals surface area contributed by atoms with E-state index in [1.54, 1.807) is 6.20 Å². The summed E-state index contributed by atoms with van der Waals surface area (Å²) >= 11 is 1.40. The first kappa shape index (κ1) is 25.0. The number of aromatic nitrogens is 2. The Balaban J connectivity index is 1.09. The smallest absolute Gasteiger partial charge is 0.273 e. The molecule has 192 valence electrons. The van der Waals surface area contributed by atoms with Crippen LogP contribution >= 0.6 is 11.3 Å². The number of rotatable bonds is 8. The van der Waals surface area contributed by atoms with Gasteiger partial charge in [-0.1, -0.05) is 23.5 Å². The number of ether oxygens (including phenoxy) is 1. The molecule has 3 aromatic rings. The van der Waals surface area contributed by atoms with Crippen LogP contribution in [0.25, 0.3) is 10.9 Å². The average molecular weight is 515 g/mol. The Bertz CT molecular complexity index is 1190. The maximum absolute atomic E-state index is 13.0. The van der Waals surface area contributed by atoms with Crippen molar-refractivity contribution < 1.29 is 18.3 Å². The minimum Gasteiger partial charge on any atom is -0.464 e. The van der Waals surface area contributed by atoms with Crippen LogP contribution in [0.15, 0.2) is 36.5 Å². The molecule has 1 saturated carbocycles. The van der Waals surface area contributed by atoms with Gasteiger partial charge in [0.25, 0.3) is 17.5 Å². The Hall–Kier alpha value is -2.65. The zero-order chi connectivity index (χ0) is 25.1. The molecule has 2 aliphatic rings. The van der Waals surface area contributed by atoms with E-state index < -0.39 is 13.0 Å². The number of halogens is 2. The number of alkyl halides is 2. The average Bonchev–Trinajstić information content (AvgIpc) is 3.28. The van der Waals surface area contributed by atoms with Crippen LogP contribution < -0.4 is 10.1 Å². The molecule has 1 aliphatic carbocycles. The van der Waals surface area contributed by atoms with Gasteiger partial charge in [0.2, 0.25) is 0 Å². The van der Waals surface area contributed by atoms with Crippen molar-refractivity contribution >= 4 is 28.1 Å². The number of carbonyl (C=O) groups is 1. The van der Waals surface area contributed by atoms with Crippen LogP contribution in [0.1, 0.15) is 60.0 Å². The van der Waals surface area contributed by atoms with Crippen molar-refractivity contribution in [2.24, 2.45) is 5.92 Å². The first-order chi connectivity index (χ1) is 17.5. The standard InChI is InChI=1S/C27H32F2N4O2S/c1-17-14-24-23(32-27(36-24)35-16-25(28)29)15-33(17)13-11-18-7-9-19(10-8-18)31-26(34)21-4-2-6-22-20(21)5-3-12-30-22/h2-6,12,17-19,25H,7-11,13-16H2,1H3,(H,31,34). The molecule has 1 unspecified atom stereocenters. The number of hydrogen-bond acceptors (Lipinski definition) is 6. The molecule has 0 saturated heterocycles. The fraction of sp³-hybridized carbons (Fsp3) is 0.519. The predicted octanol–water partition coefficient (Wildman–Crippen LogP) is 5.46. The van der Waals surface area contributed by atoms with Gasteiger partial charge in [-0.2, -0.15) is 0 Å². The summed E-state index contributed by atoms with van der Waals surface area (Å²) in [6.45, 7) is 3.36. The van der Waals surface area contributed by atoms with Gasteiger partial charge in [-0.05, 0) is 76.1 Å². The second kappa shape index (κ2) is 11.2. The highest BCUT2D eigenvalue weighted by Gasteiger charge is 2.29. The first-order valence-electron chi connectivity index (χ1n) is 12.7. The normalized spacial score (nSPS) is 22.5. The number of nitrogens with zero attached hydrogens (tertiary/aromatic N) is 3. The Morgan fingerprint density at radius 1 is 1.22 bits per heavy atom. The second-order valence-electron chi connectivity index (χ2n) is 9.93. The van der Waals surface area contributed by atoms with E-state index in [2.05, 4.69) is 27.1 Å². The van der Waals surface area contributed by atoms with E-state index in [1.807, 2.05) is 30.3 Å². The Kier molecular flexibility index (Phi) is 7.76. The Morgan fingerprint density at radius 2 is 2.06 bits per heavy atom. The van der Waals surface area contributed by atoms with E-state index in [1.165, 1.54) is 11.3 Å². The molecule has 1 atom stereocenters. The van der Waals surface area contributed by atoms with Gasteiger partial charge in [0.15, 0.2) is 6.61 Å². The third-order valence-corrected chi connectivity index (χ3v) is 8.48. The van der Waals surface area contributed by atoms with Gasteiger partial charge >= 0.3 is 0 Å². The van der Waals surface area contributed by atoms with Crippen LogP contribution in [0.4, 0.5) is 8.78 Å². The molecule has 1 N–H and O–H groups in total. The maximum atomic E-state index is 13.0. The number of carbonyl (C=O) groups excluding carboxylic acids is 1. The molecule has 0 spiro atoms. The molecular formula is C27H32F2N4O2S. The number of hydrogen-bond donors (Lipinski definition) is 1. The highest BCUT2D eigenvalue weighted by molar-refractivity contribution is 7.13. The molecule has 6 nitrogen and oxygen atoms in total. The molecule has 0 bridgehead atoms. The van der Waals surface area contributed by atoms with Gasteiger partial charge in [0, 0.05) is 40.7 Å². The monoisotopic (exact) mass is 514 g/mol. The summed E-state index contributed by atoms with van der Waals surface area (Å²) in [6, 6.07) is 10.1. The third-order valence-electron chi connectivity index (χ3n) is 7.45. The van der Waals surface area contributed by atoms with Crippen molar-refractivity contribution in [2.75, 3.05) is 13.2 Å². The summed E-state index contributed by atoms with van der Waals surface area (Å²) in [5.41, 5.74) is 2.49. The number of benzene rings is 1. The molecule has 3 heterocycles. The number of thiazole rings is 1.